The molecule has 3 aliphatic rings. The lowest BCUT2D eigenvalue weighted by Crippen LogP contribution is -2.37. The van der Waals surface area contributed by atoms with Gasteiger partial charge >= 0.3 is 0 Å². The molecule has 4 heteroatoms. The molecule has 4 nitrogen and oxygen atoms in total. The van der Waals surface area contributed by atoms with E-state index in [1.165, 1.54) is 6.26 Å². The van der Waals surface area contributed by atoms with Crippen molar-refractivity contribution in [3.63, 3.8) is 0 Å². The highest BCUT2D eigenvalue weighted by atomic mass is 16.6. The summed E-state index contributed by atoms with van der Waals surface area (Å²) in [6.45, 7) is 5.89. The molecule has 0 saturated carbocycles. The van der Waals surface area contributed by atoms with Crippen LogP contribution in [0.5, 0.6) is 0 Å². The van der Waals surface area contributed by atoms with Gasteiger partial charge in [0.15, 0.2) is 5.60 Å². The molecule has 3 unspecified atom stereocenters. The molecule has 3 heterocycles. The molecule has 0 aliphatic carbocycles. The van der Waals surface area contributed by atoms with Crippen molar-refractivity contribution < 1.29 is 18.9 Å². The van der Waals surface area contributed by atoms with Crippen molar-refractivity contribution >= 4 is 0 Å². The molecule has 0 bridgehead atoms. The summed E-state index contributed by atoms with van der Waals surface area (Å²) in [6, 6.07) is 0. The fourth-order valence-electron chi connectivity index (χ4n) is 1.87. The van der Waals surface area contributed by atoms with E-state index in [9.17, 15) is 0 Å². The van der Waals surface area contributed by atoms with Crippen LogP contribution in [0.25, 0.3) is 0 Å². The number of hydrogen-bond acceptors (Lipinski definition) is 4. The van der Waals surface area contributed by atoms with E-state index in [-0.39, 0.29) is 6.10 Å². The predicted molar refractivity (Wildman–Crippen MR) is 52.1 cm³/mol. The Kier molecular flexibility index (Phi) is 2.00. The van der Waals surface area contributed by atoms with Gasteiger partial charge in [0.1, 0.15) is 18.5 Å². The minimum absolute atomic E-state index is 0.122. The van der Waals surface area contributed by atoms with Crippen LogP contribution in [0.15, 0.2) is 24.7 Å². The van der Waals surface area contributed by atoms with Crippen LogP contribution in [0, 0.1) is 0 Å². The maximum absolute atomic E-state index is 5.66. The number of hydrogen-bond donors (Lipinski definition) is 0. The fraction of sp³-hybridized carbons (Fsp3) is 0.636. The third kappa shape index (κ3) is 2.01. The molecule has 3 aliphatic heterocycles. The van der Waals surface area contributed by atoms with Gasteiger partial charge in [-0.1, -0.05) is 6.58 Å². The van der Waals surface area contributed by atoms with Crippen LogP contribution in [0.1, 0.15) is 6.42 Å². The van der Waals surface area contributed by atoms with Crippen LogP contribution in [0.2, 0.25) is 0 Å². The monoisotopic (exact) mass is 210 g/mol. The zero-order chi connectivity index (χ0) is 10.3. The average Bonchev–Trinajstić information content (AvgIpc) is 3.03. The van der Waals surface area contributed by atoms with Crippen molar-refractivity contribution in [2.45, 2.75) is 24.2 Å². The van der Waals surface area contributed by atoms with E-state index >= 15 is 0 Å². The van der Waals surface area contributed by atoms with Gasteiger partial charge in [0.25, 0.3) is 0 Å². The summed E-state index contributed by atoms with van der Waals surface area (Å²) < 4.78 is 21.4. The van der Waals surface area contributed by atoms with Gasteiger partial charge in [0.2, 0.25) is 0 Å². The van der Waals surface area contributed by atoms with Gasteiger partial charge in [0, 0.05) is 12.5 Å². The van der Waals surface area contributed by atoms with Crippen LogP contribution < -0.4 is 0 Å². The molecule has 0 aromatic rings. The van der Waals surface area contributed by atoms with Crippen molar-refractivity contribution in [3.05, 3.63) is 24.7 Å². The first-order chi connectivity index (χ1) is 7.32. The Morgan fingerprint density at radius 1 is 1.47 bits per heavy atom. The summed E-state index contributed by atoms with van der Waals surface area (Å²) in [4.78, 5) is 0. The Morgan fingerprint density at radius 2 is 2.20 bits per heavy atom. The predicted octanol–water partition coefficient (Wildman–Crippen LogP) is 0.987. The molecule has 0 N–H and O–H groups in total. The Morgan fingerprint density at radius 3 is 2.67 bits per heavy atom. The molecular weight excluding hydrogens is 196 g/mol. The van der Waals surface area contributed by atoms with E-state index in [0.717, 1.165) is 25.4 Å². The molecule has 3 fully saturated rings. The first-order valence-electron chi connectivity index (χ1n) is 5.19. The summed E-state index contributed by atoms with van der Waals surface area (Å²) in [5.74, 6) is 0.980. The molecule has 3 rings (SSSR count). The quantitative estimate of drug-likeness (QED) is 0.484. The number of rotatable bonds is 6. The van der Waals surface area contributed by atoms with E-state index in [1.54, 1.807) is 0 Å². The molecular formula is C11H14O4. The second-order valence-corrected chi connectivity index (χ2v) is 4.12. The van der Waals surface area contributed by atoms with Gasteiger partial charge in [-0.25, -0.2) is 0 Å². The van der Waals surface area contributed by atoms with E-state index < -0.39 is 5.60 Å². The highest BCUT2D eigenvalue weighted by Gasteiger charge is 2.51. The zero-order valence-electron chi connectivity index (χ0n) is 8.48. The van der Waals surface area contributed by atoms with E-state index in [0.29, 0.717) is 12.7 Å². The van der Waals surface area contributed by atoms with E-state index in [4.69, 9.17) is 18.9 Å². The molecule has 0 aromatic carbocycles. The molecule has 15 heavy (non-hydrogen) atoms. The molecule has 0 spiro atoms. The normalized spacial score (nSPS) is 37.7. The third-order valence-corrected chi connectivity index (χ3v) is 2.85. The number of epoxide rings is 3. The summed E-state index contributed by atoms with van der Waals surface area (Å²) in [7, 11) is 0. The van der Waals surface area contributed by atoms with Gasteiger partial charge in [-0.2, -0.15) is 0 Å². The lowest BCUT2D eigenvalue weighted by atomic mass is 9.93. The smallest absolute Gasteiger partial charge is 0.161 e. The summed E-state index contributed by atoms with van der Waals surface area (Å²) in [6.07, 6.45) is 4.73. The summed E-state index contributed by atoms with van der Waals surface area (Å²) in [5.41, 5.74) is -0.422. The summed E-state index contributed by atoms with van der Waals surface area (Å²) in [5, 5.41) is 0. The van der Waals surface area contributed by atoms with Crippen LogP contribution >= 0.6 is 0 Å². The highest BCUT2D eigenvalue weighted by molar-refractivity contribution is 5.20. The molecule has 3 saturated heterocycles. The molecule has 0 aromatic heterocycles. The first kappa shape index (κ1) is 9.24. The van der Waals surface area contributed by atoms with Crippen LogP contribution in [-0.2, 0) is 18.9 Å². The topological polar surface area (TPSA) is 46.8 Å². The minimum atomic E-state index is -0.422. The first-order valence-corrected chi connectivity index (χ1v) is 5.19. The van der Waals surface area contributed by atoms with Gasteiger partial charge in [-0.3, -0.25) is 0 Å². The standard InChI is InChI=1S/C11H14O4/c1-2-15-11(10-7-14-10,3-8-5-12-8)4-9-6-13-9/h2-3,9-10H,1,4-7H2. The molecule has 82 valence electrons. The molecule has 0 radical (unpaired) electrons. The lowest BCUT2D eigenvalue weighted by molar-refractivity contribution is 0.0252. The van der Waals surface area contributed by atoms with Crippen LogP contribution in [-0.4, -0.2) is 37.6 Å². The summed E-state index contributed by atoms with van der Waals surface area (Å²) >= 11 is 0. The maximum atomic E-state index is 5.66. The minimum Gasteiger partial charge on any atom is -0.488 e. The van der Waals surface area contributed by atoms with Gasteiger partial charge in [-0.15, -0.1) is 0 Å². The Balaban J connectivity index is 1.79. The van der Waals surface area contributed by atoms with Crippen LogP contribution in [0.3, 0.4) is 0 Å². The second-order valence-electron chi connectivity index (χ2n) is 4.12. The van der Waals surface area contributed by atoms with Crippen LogP contribution in [0.4, 0.5) is 0 Å². The zero-order valence-corrected chi connectivity index (χ0v) is 8.48. The fourth-order valence-corrected chi connectivity index (χ4v) is 1.87. The van der Waals surface area contributed by atoms with Crippen molar-refractivity contribution in [1.29, 1.82) is 0 Å². The largest absolute Gasteiger partial charge is 0.488 e. The Labute approximate surface area is 88.4 Å². The highest BCUT2D eigenvalue weighted by Crippen LogP contribution is 2.39. The molecule has 3 atom stereocenters. The average molecular weight is 210 g/mol. The molecule has 0 amide bonds. The third-order valence-electron chi connectivity index (χ3n) is 2.85. The van der Waals surface area contributed by atoms with Crippen molar-refractivity contribution in [2.24, 2.45) is 0 Å². The number of ether oxygens (including phenoxy) is 4. The van der Waals surface area contributed by atoms with Gasteiger partial charge in [-0.05, 0) is 0 Å². The SMILES string of the molecule is C=COC(C=C1CO1)(CC1CO1)C1CO1. The van der Waals surface area contributed by atoms with Gasteiger partial charge in [0.05, 0.1) is 25.6 Å². The van der Waals surface area contributed by atoms with Crippen molar-refractivity contribution in [1.82, 2.24) is 0 Å². The maximum Gasteiger partial charge on any atom is 0.161 e. The Hall–Kier alpha value is -1.00. The lowest BCUT2D eigenvalue weighted by Gasteiger charge is -2.27. The Bertz CT molecular complexity index is 298. The van der Waals surface area contributed by atoms with Crippen molar-refractivity contribution in [3.8, 4) is 0 Å². The van der Waals surface area contributed by atoms with Crippen molar-refractivity contribution in [2.75, 3.05) is 19.8 Å². The van der Waals surface area contributed by atoms with Gasteiger partial charge < -0.3 is 18.9 Å². The second kappa shape index (κ2) is 3.25. The van der Waals surface area contributed by atoms with E-state index in [1.807, 2.05) is 6.08 Å². The van der Waals surface area contributed by atoms with E-state index in [2.05, 4.69) is 6.58 Å².